The monoisotopic (exact) mass is 286 g/mol. The summed E-state index contributed by atoms with van der Waals surface area (Å²) in [5.41, 5.74) is 1.70. The Labute approximate surface area is 128 Å². The van der Waals surface area contributed by atoms with Crippen molar-refractivity contribution in [3.05, 3.63) is 48.2 Å². The fourth-order valence-corrected chi connectivity index (χ4v) is 3.06. The van der Waals surface area contributed by atoms with Crippen molar-refractivity contribution in [3.63, 3.8) is 0 Å². The molecule has 21 heavy (non-hydrogen) atoms. The number of hydrogen-bond acceptors (Lipinski definition) is 1. The molecule has 1 aromatic carbocycles. The topological polar surface area (TPSA) is 29.8 Å². The molecular formula is C19H28NO+. The number of nitrogens with two attached hydrogens (primary N) is 1. The fraction of sp³-hybridized carbons (Fsp3) is 0.474. The molecule has 0 atom stereocenters. The number of furan rings is 1. The van der Waals surface area contributed by atoms with Crippen LogP contribution >= 0.6 is 0 Å². The third-order valence-corrected chi connectivity index (χ3v) is 3.56. The Kier molecular flexibility index (Phi) is 4.58. The maximum atomic E-state index is 5.96. The van der Waals surface area contributed by atoms with E-state index in [0.29, 0.717) is 5.41 Å². The zero-order valence-electron chi connectivity index (χ0n) is 13.9. The second-order valence-electron chi connectivity index (χ2n) is 7.77. The molecule has 2 N–H and O–H groups in total. The highest BCUT2D eigenvalue weighted by atomic mass is 16.3. The van der Waals surface area contributed by atoms with Crippen molar-refractivity contribution in [2.24, 2.45) is 5.41 Å². The lowest BCUT2D eigenvalue weighted by Crippen LogP contribution is -2.94. The molecule has 2 rings (SSSR count). The standard InChI is InChI=1S/C19H27NO/c1-18(2,3)14-19(4,5)20-13-16-11-12-17(21-16)15-9-7-6-8-10-15/h6-12,20H,13-14H2,1-5H3/p+1. The first-order valence-electron chi connectivity index (χ1n) is 7.74. The second-order valence-corrected chi connectivity index (χ2v) is 7.77. The summed E-state index contributed by atoms with van der Waals surface area (Å²) in [5, 5.41) is 2.38. The van der Waals surface area contributed by atoms with Gasteiger partial charge in [0.05, 0.1) is 5.54 Å². The Hall–Kier alpha value is -1.54. The van der Waals surface area contributed by atoms with Gasteiger partial charge in [-0.25, -0.2) is 0 Å². The predicted molar refractivity (Wildman–Crippen MR) is 87.9 cm³/mol. The molecular weight excluding hydrogens is 258 g/mol. The predicted octanol–water partition coefficient (Wildman–Crippen LogP) is 4.22. The third kappa shape index (κ3) is 5.05. The molecule has 0 aliphatic carbocycles. The molecule has 0 aliphatic heterocycles. The van der Waals surface area contributed by atoms with E-state index in [9.17, 15) is 0 Å². The van der Waals surface area contributed by atoms with Crippen LogP contribution in [-0.2, 0) is 6.54 Å². The lowest BCUT2D eigenvalue weighted by molar-refractivity contribution is -0.738. The van der Waals surface area contributed by atoms with Crippen LogP contribution in [0.1, 0.15) is 46.8 Å². The molecule has 2 aromatic rings. The highest BCUT2D eigenvalue weighted by Crippen LogP contribution is 2.25. The normalized spacial score (nSPS) is 12.6. The van der Waals surface area contributed by atoms with Gasteiger partial charge in [-0.05, 0) is 31.4 Å². The molecule has 0 saturated carbocycles. The van der Waals surface area contributed by atoms with Crippen LogP contribution < -0.4 is 5.32 Å². The van der Waals surface area contributed by atoms with Gasteiger partial charge in [0.2, 0.25) is 0 Å². The molecule has 0 radical (unpaired) electrons. The minimum atomic E-state index is 0.220. The Morgan fingerprint density at radius 1 is 0.905 bits per heavy atom. The number of rotatable bonds is 5. The molecule has 1 aromatic heterocycles. The lowest BCUT2D eigenvalue weighted by Gasteiger charge is -2.30. The van der Waals surface area contributed by atoms with Crippen molar-refractivity contribution < 1.29 is 9.73 Å². The number of benzene rings is 1. The van der Waals surface area contributed by atoms with Crippen LogP contribution in [0.15, 0.2) is 46.9 Å². The minimum Gasteiger partial charge on any atom is -0.455 e. The van der Waals surface area contributed by atoms with Gasteiger partial charge in [-0.3, -0.25) is 0 Å². The maximum Gasteiger partial charge on any atom is 0.158 e. The first-order chi connectivity index (χ1) is 9.75. The van der Waals surface area contributed by atoms with E-state index in [2.05, 4.69) is 64.2 Å². The van der Waals surface area contributed by atoms with Crippen LogP contribution in [0.2, 0.25) is 0 Å². The summed E-state index contributed by atoms with van der Waals surface area (Å²) in [6.07, 6.45) is 1.17. The van der Waals surface area contributed by atoms with Crippen molar-refractivity contribution in [1.29, 1.82) is 0 Å². The van der Waals surface area contributed by atoms with Gasteiger partial charge >= 0.3 is 0 Å². The van der Waals surface area contributed by atoms with Crippen molar-refractivity contribution in [1.82, 2.24) is 0 Å². The highest BCUT2D eigenvalue weighted by Gasteiger charge is 2.28. The zero-order valence-corrected chi connectivity index (χ0v) is 13.9. The molecule has 0 spiro atoms. The Morgan fingerprint density at radius 2 is 1.57 bits per heavy atom. The van der Waals surface area contributed by atoms with Gasteiger partial charge in [0.1, 0.15) is 12.3 Å². The molecule has 114 valence electrons. The van der Waals surface area contributed by atoms with Crippen LogP contribution in [0.25, 0.3) is 11.3 Å². The SMILES string of the molecule is CC(C)(C)CC(C)(C)[NH2+]Cc1ccc(-c2ccccc2)o1. The molecule has 2 heteroatoms. The summed E-state index contributed by atoms with van der Waals surface area (Å²) in [6.45, 7) is 12.4. The second kappa shape index (κ2) is 6.07. The molecule has 0 aliphatic rings. The van der Waals surface area contributed by atoms with Crippen molar-refractivity contribution in [2.75, 3.05) is 0 Å². The summed E-state index contributed by atoms with van der Waals surface area (Å²) < 4.78 is 5.96. The van der Waals surface area contributed by atoms with Crippen molar-refractivity contribution >= 4 is 0 Å². The van der Waals surface area contributed by atoms with Gasteiger partial charge in [-0.2, -0.15) is 0 Å². The largest absolute Gasteiger partial charge is 0.455 e. The van der Waals surface area contributed by atoms with Crippen molar-refractivity contribution in [3.8, 4) is 11.3 Å². The Bertz CT molecular complexity index is 561. The van der Waals surface area contributed by atoms with Gasteiger partial charge in [0.25, 0.3) is 0 Å². The fourth-order valence-electron chi connectivity index (χ4n) is 3.06. The average Bonchev–Trinajstić information content (AvgIpc) is 2.84. The van der Waals surface area contributed by atoms with Crippen LogP contribution in [0, 0.1) is 5.41 Å². The van der Waals surface area contributed by atoms with E-state index in [-0.39, 0.29) is 5.54 Å². The van der Waals surface area contributed by atoms with Crippen LogP contribution in [0.4, 0.5) is 0 Å². The van der Waals surface area contributed by atoms with E-state index in [1.807, 2.05) is 18.2 Å². The quantitative estimate of drug-likeness (QED) is 0.876. The van der Waals surface area contributed by atoms with Gasteiger partial charge in [0.15, 0.2) is 5.76 Å². The molecule has 0 fully saturated rings. The lowest BCUT2D eigenvalue weighted by atomic mass is 9.82. The van der Waals surface area contributed by atoms with E-state index >= 15 is 0 Å². The van der Waals surface area contributed by atoms with Gasteiger partial charge in [0, 0.05) is 12.0 Å². The highest BCUT2D eigenvalue weighted by molar-refractivity contribution is 5.57. The van der Waals surface area contributed by atoms with Crippen LogP contribution in [0.3, 0.4) is 0 Å². The maximum absolute atomic E-state index is 5.96. The summed E-state index contributed by atoms with van der Waals surface area (Å²) >= 11 is 0. The summed E-state index contributed by atoms with van der Waals surface area (Å²) in [4.78, 5) is 0. The minimum absolute atomic E-state index is 0.220. The van der Waals surface area contributed by atoms with E-state index in [0.717, 1.165) is 23.6 Å². The summed E-state index contributed by atoms with van der Waals surface area (Å²) in [5.74, 6) is 1.99. The van der Waals surface area contributed by atoms with Gasteiger partial charge in [-0.1, -0.05) is 51.1 Å². The Morgan fingerprint density at radius 3 is 2.19 bits per heavy atom. The van der Waals surface area contributed by atoms with E-state index in [4.69, 9.17) is 4.42 Å². The third-order valence-electron chi connectivity index (χ3n) is 3.56. The van der Waals surface area contributed by atoms with E-state index < -0.39 is 0 Å². The number of quaternary nitrogens is 1. The summed E-state index contributed by atoms with van der Waals surface area (Å²) in [7, 11) is 0. The first-order valence-corrected chi connectivity index (χ1v) is 7.74. The Balaban J connectivity index is 1.97. The van der Waals surface area contributed by atoms with Gasteiger partial charge < -0.3 is 9.73 Å². The molecule has 0 bridgehead atoms. The molecule has 1 heterocycles. The zero-order chi connectivity index (χ0) is 15.5. The average molecular weight is 286 g/mol. The van der Waals surface area contributed by atoms with Crippen molar-refractivity contribution in [2.45, 2.75) is 53.1 Å². The van der Waals surface area contributed by atoms with Gasteiger partial charge in [-0.15, -0.1) is 0 Å². The van der Waals surface area contributed by atoms with E-state index in [1.54, 1.807) is 0 Å². The molecule has 2 nitrogen and oxygen atoms in total. The van der Waals surface area contributed by atoms with E-state index in [1.165, 1.54) is 6.42 Å². The number of hydrogen-bond donors (Lipinski definition) is 1. The van der Waals surface area contributed by atoms with Crippen LogP contribution in [0.5, 0.6) is 0 Å². The van der Waals surface area contributed by atoms with Crippen LogP contribution in [-0.4, -0.2) is 5.54 Å². The molecule has 0 amide bonds. The summed E-state index contributed by atoms with van der Waals surface area (Å²) in [6, 6.07) is 14.4. The smallest absolute Gasteiger partial charge is 0.158 e. The first kappa shape index (κ1) is 15.8. The molecule has 0 saturated heterocycles. The molecule has 0 unspecified atom stereocenters.